The van der Waals surface area contributed by atoms with Crippen LogP contribution in [0.15, 0.2) is 29.2 Å². The Kier molecular flexibility index (Phi) is 1.71. The first-order valence-corrected chi connectivity index (χ1v) is 3.00. The number of benzene rings is 1. The first-order valence-electron chi connectivity index (χ1n) is 2.21. The fourth-order valence-corrected chi connectivity index (χ4v) is 0.697. The predicted octanol–water partition coefficient (Wildman–Crippen LogP) is 2.90. The molecule has 0 saturated carbocycles. The largest absolute Gasteiger partial charge is 0.0843 e. The summed E-state index contributed by atoms with van der Waals surface area (Å²) in [6, 6.07) is 7.17. The molecule has 0 N–H and O–H groups in total. The second-order valence-electron chi connectivity index (χ2n) is 1.45. The fourth-order valence-electron chi connectivity index (χ4n) is 0.435. The highest BCUT2D eigenvalue weighted by molar-refractivity contribution is 7.80. The Balaban J connectivity index is 3.03. The molecule has 0 aromatic heterocycles. The van der Waals surface area contributed by atoms with Gasteiger partial charge in [-0.15, -0.1) is 0 Å². The van der Waals surface area contributed by atoms with Crippen LogP contribution in [0.25, 0.3) is 0 Å². The van der Waals surface area contributed by atoms with E-state index in [0.717, 1.165) is 9.92 Å². The maximum Gasteiger partial charge on any atom is 0.0406 e. The van der Waals surface area contributed by atoms with Crippen LogP contribution in [0, 0.1) is 0 Å². The summed E-state index contributed by atoms with van der Waals surface area (Å²) in [7, 11) is 0. The SMILES string of the molecule is [S]c1ccc(Cl)cc1. The summed E-state index contributed by atoms with van der Waals surface area (Å²) in [5.74, 6) is 0. The van der Waals surface area contributed by atoms with Crippen molar-refractivity contribution in [1.29, 1.82) is 0 Å². The van der Waals surface area contributed by atoms with Crippen molar-refractivity contribution in [1.82, 2.24) is 0 Å². The van der Waals surface area contributed by atoms with Crippen LogP contribution in [-0.4, -0.2) is 0 Å². The molecule has 1 rings (SSSR count). The third kappa shape index (κ3) is 1.35. The van der Waals surface area contributed by atoms with Crippen LogP contribution < -0.4 is 0 Å². The molecule has 1 aromatic rings. The van der Waals surface area contributed by atoms with E-state index in [2.05, 4.69) is 0 Å². The summed E-state index contributed by atoms with van der Waals surface area (Å²) < 4.78 is 0. The second kappa shape index (κ2) is 2.33. The Labute approximate surface area is 58.9 Å². The van der Waals surface area contributed by atoms with E-state index >= 15 is 0 Å². The lowest BCUT2D eigenvalue weighted by atomic mass is 10.4. The van der Waals surface area contributed by atoms with Crippen LogP contribution in [0.3, 0.4) is 0 Å². The van der Waals surface area contributed by atoms with Gasteiger partial charge < -0.3 is 0 Å². The first-order chi connectivity index (χ1) is 3.79. The molecule has 1 aromatic carbocycles. The quantitative estimate of drug-likeness (QED) is 0.524. The summed E-state index contributed by atoms with van der Waals surface area (Å²) in [5, 5.41) is 0.735. The van der Waals surface area contributed by atoms with Gasteiger partial charge in [0.2, 0.25) is 0 Å². The van der Waals surface area contributed by atoms with Crippen LogP contribution in [0.2, 0.25) is 5.02 Å². The molecular formula is C6H4ClS. The van der Waals surface area contributed by atoms with E-state index in [9.17, 15) is 0 Å². The Morgan fingerprint density at radius 3 is 2.00 bits per heavy atom. The molecule has 0 aliphatic heterocycles. The monoisotopic (exact) mass is 143 g/mol. The zero-order valence-corrected chi connectivity index (χ0v) is 5.67. The molecular weight excluding hydrogens is 140 g/mol. The van der Waals surface area contributed by atoms with Crippen molar-refractivity contribution in [3.05, 3.63) is 29.3 Å². The first kappa shape index (κ1) is 5.86. The van der Waals surface area contributed by atoms with Crippen LogP contribution in [0.1, 0.15) is 0 Å². The second-order valence-corrected chi connectivity index (χ2v) is 2.36. The van der Waals surface area contributed by atoms with Gasteiger partial charge in [-0.25, -0.2) is 0 Å². The molecule has 1 radical (unpaired) electrons. The molecule has 2 heteroatoms. The zero-order chi connectivity index (χ0) is 5.98. The predicted molar refractivity (Wildman–Crippen MR) is 37.3 cm³/mol. The Morgan fingerprint density at radius 2 is 1.62 bits per heavy atom. The van der Waals surface area contributed by atoms with Crippen LogP contribution >= 0.6 is 24.2 Å². The summed E-state index contributed by atoms with van der Waals surface area (Å²) in [5.41, 5.74) is 0. The van der Waals surface area contributed by atoms with E-state index in [1.807, 2.05) is 0 Å². The van der Waals surface area contributed by atoms with Gasteiger partial charge in [0.15, 0.2) is 0 Å². The smallest absolute Gasteiger partial charge is 0.0406 e. The minimum Gasteiger partial charge on any atom is -0.0843 e. The maximum atomic E-state index is 5.57. The van der Waals surface area contributed by atoms with Crippen molar-refractivity contribution in [3.8, 4) is 0 Å². The van der Waals surface area contributed by atoms with Crippen molar-refractivity contribution >= 4 is 24.2 Å². The van der Waals surface area contributed by atoms with E-state index in [4.69, 9.17) is 24.2 Å². The maximum absolute atomic E-state index is 5.57. The molecule has 41 valence electrons. The molecule has 0 atom stereocenters. The molecule has 0 amide bonds. The number of hydrogen-bond acceptors (Lipinski definition) is 0. The van der Waals surface area contributed by atoms with Crippen molar-refractivity contribution in [2.24, 2.45) is 0 Å². The third-order valence-electron chi connectivity index (χ3n) is 0.814. The third-order valence-corrected chi connectivity index (χ3v) is 1.34. The van der Waals surface area contributed by atoms with Crippen molar-refractivity contribution < 1.29 is 0 Å². The summed E-state index contributed by atoms with van der Waals surface area (Å²) in [4.78, 5) is 0.828. The van der Waals surface area contributed by atoms with E-state index < -0.39 is 0 Å². The van der Waals surface area contributed by atoms with E-state index in [0.29, 0.717) is 0 Å². The molecule has 0 bridgehead atoms. The highest BCUT2D eigenvalue weighted by atomic mass is 35.5. The number of rotatable bonds is 0. The molecule has 0 unspecified atom stereocenters. The van der Waals surface area contributed by atoms with Gasteiger partial charge in [0.05, 0.1) is 0 Å². The van der Waals surface area contributed by atoms with Gasteiger partial charge in [0.1, 0.15) is 0 Å². The van der Waals surface area contributed by atoms with Crippen LogP contribution in [-0.2, 0) is 0 Å². The van der Waals surface area contributed by atoms with Gasteiger partial charge in [0.25, 0.3) is 0 Å². The number of hydrogen-bond donors (Lipinski definition) is 0. The van der Waals surface area contributed by atoms with Crippen LogP contribution in [0.4, 0.5) is 0 Å². The summed E-state index contributed by atoms with van der Waals surface area (Å²) >= 11 is 10.4. The van der Waals surface area contributed by atoms with Gasteiger partial charge >= 0.3 is 0 Å². The molecule has 0 fully saturated rings. The van der Waals surface area contributed by atoms with Gasteiger partial charge in [0, 0.05) is 9.92 Å². The summed E-state index contributed by atoms with van der Waals surface area (Å²) in [6.45, 7) is 0. The van der Waals surface area contributed by atoms with Crippen molar-refractivity contribution in [3.63, 3.8) is 0 Å². The fraction of sp³-hybridized carbons (Fsp3) is 0. The van der Waals surface area contributed by atoms with Gasteiger partial charge in [-0.3, -0.25) is 0 Å². The summed E-state index contributed by atoms with van der Waals surface area (Å²) in [6.07, 6.45) is 0. The highest BCUT2D eigenvalue weighted by Gasteiger charge is 1.83. The number of halogens is 1. The van der Waals surface area contributed by atoms with Gasteiger partial charge in [-0.05, 0) is 24.3 Å². The standard InChI is InChI=1S/C6H4ClS/c7-5-1-3-6(8)4-2-5/h1-4H. The molecule has 0 spiro atoms. The zero-order valence-electron chi connectivity index (χ0n) is 4.10. The normalized spacial score (nSPS) is 9.12. The lowest BCUT2D eigenvalue weighted by molar-refractivity contribution is 1.48. The molecule has 0 nitrogen and oxygen atoms in total. The average molecular weight is 144 g/mol. The van der Waals surface area contributed by atoms with Crippen molar-refractivity contribution in [2.45, 2.75) is 4.90 Å². The van der Waals surface area contributed by atoms with Crippen molar-refractivity contribution in [2.75, 3.05) is 0 Å². The minimum atomic E-state index is 0.735. The topological polar surface area (TPSA) is 0 Å². The van der Waals surface area contributed by atoms with Gasteiger partial charge in [-0.1, -0.05) is 24.2 Å². The van der Waals surface area contributed by atoms with Crippen LogP contribution in [0.5, 0.6) is 0 Å². The molecule has 0 aliphatic carbocycles. The Hall–Kier alpha value is -0.270. The average Bonchev–Trinajstić information content (AvgIpc) is 1.77. The van der Waals surface area contributed by atoms with E-state index in [1.54, 1.807) is 24.3 Å². The van der Waals surface area contributed by atoms with E-state index in [1.165, 1.54) is 0 Å². The lowest BCUT2D eigenvalue weighted by Crippen LogP contribution is -1.61. The molecule has 0 heterocycles. The lowest BCUT2D eigenvalue weighted by Gasteiger charge is -1.86. The molecule has 8 heavy (non-hydrogen) atoms. The Morgan fingerprint density at radius 1 is 1.12 bits per heavy atom. The van der Waals surface area contributed by atoms with E-state index in [-0.39, 0.29) is 0 Å². The highest BCUT2D eigenvalue weighted by Crippen LogP contribution is 2.11. The molecule has 0 aliphatic rings. The minimum absolute atomic E-state index is 0.735. The molecule has 0 saturated heterocycles. The Bertz CT molecular complexity index is 147. The van der Waals surface area contributed by atoms with Gasteiger partial charge in [-0.2, -0.15) is 0 Å².